The van der Waals surface area contributed by atoms with Gasteiger partial charge in [0.25, 0.3) is 0 Å². The second-order valence-electron chi connectivity index (χ2n) is 6.35. The van der Waals surface area contributed by atoms with Crippen LogP contribution >= 0.6 is 0 Å². The monoisotopic (exact) mass is 348 g/mol. The first-order valence-electron chi connectivity index (χ1n) is 8.30. The maximum absolute atomic E-state index is 13.3. The summed E-state index contributed by atoms with van der Waals surface area (Å²) in [5.41, 5.74) is 6.06. The first kappa shape index (κ1) is 17.2. The lowest BCUT2D eigenvalue weighted by Gasteiger charge is -2.37. The van der Waals surface area contributed by atoms with E-state index in [9.17, 15) is 8.42 Å². The molecule has 6 heteroatoms. The molecule has 0 aliphatic carbocycles. The highest BCUT2D eigenvalue weighted by Gasteiger charge is 2.36. The lowest BCUT2D eigenvalue weighted by Crippen LogP contribution is -2.51. The van der Waals surface area contributed by atoms with E-state index < -0.39 is 10.0 Å². The second kappa shape index (κ2) is 6.70. The summed E-state index contributed by atoms with van der Waals surface area (Å²) < 4.78 is 33.7. The highest BCUT2D eigenvalue weighted by atomic mass is 32.2. The van der Waals surface area contributed by atoms with Crippen LogP contribution in [-0.2, 0) is 10.0 Å². The van der Waals surface area contributed by atoms with Crippen molar-refractivity contribution < 1.29 is 13.2 Å². The van der Waals surface area contributed by atoms with Crippen molar-refractivity contribution in [1.29, 1.82) is 0 Å². The molecule has 2 atom stereocenters. The normalized spacial score (nSPS) is 20.9. The summed E-state index contributed by atoms with van der Waals surface area (Å²) in [6.07, 6.45) is 2.70. The maximum atomic E-state index is 13.3. The topological polar surface area (TPSA) is 72.6 Å². The van der Waals surface area contributed by atoms with Crippen LogP contribution in [0.4, 0.5) is 0 Å². The molecule has 0 bridgehead atoms. The Morgan fingerprint density at radius 2 is 1.88 bits per heavy atom. The first-order chi connectivity index (χ1) is 11.5. The minimum atomic E-state index is -3.61. The Bertz CT molecular complexity index is 833. The van der Waals surface area contributed by atoms with Gasteiger partial charge in [0.15, 0.2) is 0 Å². The summed E-state index contributed by atoms with van der Waals surface area (Å²) in [5.74, 6) is 0.673. The Morgan fingerprint density at radius 1 is 1.17 bits per heavy atom. The van der Waals surface area contributed by atoms with Gasteiger partial charge in [-0.25, -0.2) is 8.42 Å². The summed E-state index contributed by atoms with van der Waals surface area (Å²) in [7, 11) is -2.02. The number of hydrogen-bond donors (Lipinski definition) is 1. The van der Waals surface area contributed by atoms with E-state index in [1.54, 1.807) is 23.5 Å². The molecule has 1 heterocycles. The zero-order valence-electron chi connectivity index (χ0n) is 14.1. The largest absolute Gasteiger partial charge is 0.496 e. The standard InChI is InChI=1S/C18H24N2O3S/c1-13(19)16-9-5-6-12-20(16)24(21,22)18-11-10-17(23-2)14-7-3-4-8-15(14)18/h3-4,7-8,10-11,13,16H,5-6,9,12,19H2,1-2H3. The van der Waals surface area contributed by atoms with Gasteiger partial charge in [-0.1, -0.05) is 30.7 Å². The molecule has 0 radical (unpaired) electrons. The van der Waals surface area contributed by atoms with E-state index >= 15 is 0 Å². The smallest absolute Gasteiger partial charge is 0.243 e. The van der Waals surface area contributed by atoms with Crippen LogP contribution in [0.2, 0.25) is 0 Å². The van der Waals surface area contributed by atoms with Crippen LogP contribution in [-0.4, -0.2) is 38.5 Å². The molecule has 0 saturated carbocycles. The number of benzene rings is 2. The van der Waals surface area contributed by atoms with E-state index in [0.29, 0.717) is 22.6 Å². The minimum Gasteiger partial charge on any atom is -0.496 e. The molecule has 0 amide bonds. The van der Waals surface area contributed by atoms with Gasteiger partial charge < -0.3 is 10.5 Å². The zero-order valence-corrected chi connectivity index (χ0v) is 14.9. The second-order valence-corrected chi connectivity index (χ2v) is 8.21. The van der Waals surface area contributed by atoms with Crippen molar-refractivity contribution in [2.75, 3.05) is 13.7 Å². The van der Waals surface area contributed by atoms with Gasteiger partial charge in [0, 0.05) is 29.4 Å². The van der Waals surface area contributed by atoms with Crippen LogP contribution in [0.25, 0.3) is 10.8 Å². The van der Waals surface area contributed by atoms with Gasteiger partial charge in [-0.3, -0.25) is 0 Å². The highest BCUT2D eigenvalue weighted by molar-refractivity contribution is 7.89. The molecule has 0 aromatic heterocycles. The molecular formula is C18H24N2O3S. The lowest BCUT2D eigenvalue weighted by atomic mass is 10.00. The summed E-state index contributed by atoms with van der Waals surface area (Å²) in [5, 5.41) is 1.49. The van der Waals surface area contributed by atoms with E-state index in [-0.39, 0.29) is 12.1 Å². The predicted molar refractivity (Wildman–Crippen MR) is 95.7 cm³/mol. The van der Waals surface area contributed by atoms with Crippen LogP contribution in [0.1, 0.15) is 26.2 Å². The van der Waals surface area contributed by atoms with Gasteiger partial charge >= 0.3 is 0 Å². The number of rotatable bonds is 4. The Balaban J connectivity index is 2.15. The van der Waals surface area contributed by atoms with Crippen LogP contribution in [0.15, 0.2) is 41.3 Å². The fourth-order valence-corrected chi connectivity index (χ4v) is 5.50. The predicted octanol–water partition coefficient (Wildman–Crippen LogP) is 2.74. The van der Waals surface area contributed by atoms with Crippen LogP contribution in [0.5, 0.6) is 5.75 Å². The van der Waals surface area contributed by atoms with Gasteiger partial charge in [0.2, 0.25) is 10.0 Å². The molecular weight excluding hydrogens is 324 g/mol. The zero-order chi connectivity index (χ0) is 17.3. The Morgan fingerprint density at radius 3 is 2.54 bits per heavy atom. The van der Waals surface area contributed by atoms with Crippen molar-refractivity contribution in [3.63, 3.8) is 0 Å². The van der Waals surface area contributed by atoms with Crippen LogP contribution < -0.4 is 10.5 Å². The average Bonchev–Trinajstić information content (AvgIpc) is 2.60. The number of nitrogens with zero attached hydrogens (tertiary/aromatic N) is 1. The van der Waals surface area contributed by atoms with Crippen molar-refractivity contribution in [2.24, 2.45) is 5.73 Å². The number of methoxy groups -OCH3 is 1. The maximum Gasteiger partial charge on any atom is 0.243 e. The molecule has 2 unspecified atom stereocenters. The fraction of sp³-hybridized carbons (Fsp3) is 0.444. The summed E-state index contributed by atoms with van der Waals surface area (Å²) in [4.78, 5) is 0.325. The molecule has 24 heavy (non-hydrogen) atoms. The first-order valence-corrected chi connectivity index (χ1v) is 9.74. The van der Waals surface area contributed by atoms with Crippen molar-refractivity contribution in [1.82, 2.24) is 4.31 Å². The minimum absolute atomic E-state index is 0.149. The van der Waals surface area contributed by atoms with Crippen LogP contribution in [0, 0.1) is 0 Å². The number of hydrogen-bond acceptors (Lipinski definition) is 4. The Labute approximate surface area is 143 Å². The molecule has 130 valence electrons. The highest BCUT2D eigenvalue weighted by Crippen LogP contribution is 2.34. The molecule has 0 spiro atoms. The Hall–Kier alpha value is -1.63. The van der Waals surface area contributed by atoms with Crippen molar-refractivity contribution in [2.45, 2.75) is 43.2 Å². The molecule has 5 nitrogen and oxygen atoms in total. The average molecular weight is 348 g/mol. The number of fused-ring (bicyclic) bond motifs is 1. The number of ether oxygens (including phenoxy) is 1. The summed E-state index contributed by atoms with van der Waals surface area (Å²) >= 11 is 0. The molecule has 1 aliphatic heterocycles. The number of piperidine rings is 1. The van der Waals surface area contributed by atoms with Gasteiger partial charge in [-0.05, 0) is 31.9 Å². The third-order valence-electron chi connectivity index (χ3n) is 4.76. The van der Waals surface area contributed by atoms with E-state index in [4.69, 9.17) is 10.5 Å². The summed E-state index contributed by atoms with van der Waals surface area (Å²) in [6, 6.07) is 10.5. The quantitative estimate of drug-likeness (QED) is 0.922. The lowest BCUT2D eigenvalue weighted by molar-refractivity contribution is 0.227. The van der Waals surface area contributed by atoms with Gasteiger partial charge in [0.1, 0.15) is 5.75 Å². The third kappa shape index (κ3) is 2.90. The SMILES string of the molecule is COc1ccc(S(=O)(=O)N2CCCCC2C(C)N)c2ccccc12. The fourth-order valence-electron chi connectivity index (χ4n) is 3.53. The van der Waals surface area contributed by atoms with E-state index in [2.05, 4.69) is 0 Å². The van der Waals surface area contributed by atoms with Crippen molar-refractivity contribution >= 4 is 20.8 Å². The van der Waals surface area contributed by atoms with E-state index in [1.165, 1.54) is 0 Å². The van der Waals surface area contributed by atoms with Crippen molar-refractivity contribution in [3.8, 4) is 5.75 Å². The van der Waals surface area contributed by atoms with E-state index in [0.717, 1.165) is 24.6 Å². The molecule has 2 aromatic rings. The van der Waals surface area contributed by atoms with Gasteiger partial charge in [-0.2, -0.15) is 4.31 Å². The molecule has 1 fully saturated rings. The number of sulfonamides is 1. The molecule has 1 aliphatic rings. The third-order valence-corrected chi connectivity index (χ3v) is 6.74. The molecule has 3 rings (SSSR count). The molecule has 2 N–H and O–H groups in total. The van der Waals surface area contributed by atoms with Gasteiger partial charge in [-0.15, -0.1) is 0 Å². The Kier molecular flexibility index (Phi) is 4.80. The molecule has 2 aromatic carbocycles. The number of nitrogens with two attached hydrogens (primary N) is 1. The summed E-state index contributed by atoms with van der Waals surface area (Å²) in [6.45, 7) is 2.40. The molecule has 1 saturated heterocycles. The van der Waals surface area contributed by atoms with Gasteiger partial charge in [0.05, 0.1) is 12.0 Å². The van der Waals surface area contributed by atoms with Crippen LogP contribution in [0.3, 0.4) is 0 Å². The van der Waals surface area contributed by atoms with E-state index in [1.807, 2.05) is 31.2 Å². The van der Waals surface area contributed by atoms with Crippen molar-refractivity contribution in [3.05, 3.63) is 36.4 Å².